The molecule has 3 heteroatoms. The van der Waals surface area contributed by atoms with E-state index in [1.807, 2.05) is 0 Å². The Bertz CT molecular complexity index is 119. The van der Waals surface area contributed by atoms with Gasteiger partial charge in [-0.05, 0) is 0 Å². The minimum absolute atomic E-state index is 0. The average molecular weight is 531 g/mol. The van der Waals surface area contributed by atoms with E-state index in [9.17, 15) is 0 Å². The first-order valence-corrected chi connectivity index (χ1v) is 18.3. The molecular weight excluding hydrogens is 489 g/mol. The SMILES string of the molecule is CC[CH2][Ge]([CH2]CC)[CH2]CC.CC[CH2][Ge]([CH2]CC)[CH2]CC.[Te]. The molecule has 0 aromatic carbocycles. The van der Waals surface area contributed by atoms with Gasteiger partial charge in [-0.25, -0.2) is 0 Å². The van der Waals surface area contributed by atoms with Gasteiger partial charge in [0.05, 0.1) is 0 Å². The topological polar surface area (TPSA) is 0 Å². The third kappa shape index (κ3) is 21.9. The van der Waals surface area contributed by atoms with E-state index in [-0.39, 0.29) is 23.7 Å². The first-order chi connectivity index (χ1) is 9.69. The minimum Gasteiger partial charge on any atom is 0 e. The fourth-order valence-corrected chi connectivity index (χ4v) is 14.9. The predicted molar refractivity (Wildman–Crippen MR) is 108 cm³/mol. The van der Waals surface area contributed by atoms with Crippen molar-refractivity contribution in [2.75, 3.05) is 0 Å². The summed E-state index contributed by atoms with van der Waals surface area (Å²) in [4.78, 5) is 0. The van der Waals surface area contributed by atoms with Gasteiger partial charge < -0.3 is 0 Å². The van der Waals surface area contributed by atoms with Gasteiger partial charge in [0.15, 0.2) is 0 Å². The second kappa shape index (κ2) is 24.1. The first-order valence-electron chi connectivity index (χ1n) is 9.36. The molecule has 4 radical (unpaired) electrons. The van der Waals surface area contributed by atoms with Gasteiger partial charge in [-0.3, -0.25) is 0 Å². The smallest absolute Gasteiger partial charge is 0 e. The molecule has 0 bridgehead atoms. The van der Waals surface area contributed by atoms with Crippen molar-refractivity contribution in [3.05, 3.63) is 0 Å². The fraction of sp³-hybridized carbons (Fsp3) is 1.00. The average Bonchev–Trinajstić information content (AvgIpc) is 2.41. The van der Waals surface area contributed by atoms with Gasteiger partial charge in [0.25, 0.3) is 0 Å². The summed E-state index contributed by atoms with van der Waals surface area (Å²) < 4.78 is 0. The van der Waals surface area contributed by atoms with E-state index in [0.717, 1.165) is 0 Å². The van der Waals surface area contributed by atoms with Crippen LogP contribution in [0.25, 0.3) is 0 Å². The molecule has 0 rings (SSSR count). The molecule has 0 aliphatic rings. The molecule has 0 saturated heterocycles. The molecular formula is C18H42Ge2Te. The van der Waals surface area contributed by atoms with E-state index in [4.69, 9.17) is 0 Å². The molecule has 0 aliphatic carbocycles. The van der Waals surface area contributed by atoms with Crippen LogP contribution in [-0.4, -0.2) is 52.4 Å². The zero-order valence-corrected chi connectivity index (χ0v) is 22.4. The molecule has 128 valence electrons. The van der Waals surface area contributed by atoms with Crippen LogP contribution in [0.5, 0.6) is 0 Å². The molecule has 0 fully saturated rings. The summed E-state index contributed by atoms with van der Waals surface area (Å²) in [6.07, 6.45) is 8.64. The minimum atomic E-state index is -0.486. The normalized spacial score (nSPS) is 10.3. The van der Waals surface area contributed by atoms with Crippen molar-refractivity contribution < 1.29 is 0 Å². The fourth-order valence-electron chi connectivity index (χ4n) is 2.87. The first kappa shape index (κ1) is 27.7. The third-order valence-electron chi connectivity index (χ3n) is 3.62. The Balaban J connectivity index is -0.000000295. The van der Waals surface area contributed by atoms with Gasteiger partial charge in [-0.2, -0.15) is 0 Å². The quantitative estimate of drug-likeness (QED) is 0.237. The molecule has 0 aromatic rings. The summed E-state index contributed by atoms with van der Waals surface area (Å²) in [5.74, 6) is 0. The number of hydrogen-bond acceptors (Lipinski definition) is 0. The predicted octanol–water partition coefficient (Wildman–Crippen LogP) is 7.04. The molecule has 0 unspecified atom stereocenters. The van der Waals surface area contributed by atoms with Crippen LogP contribution in [0.1, 0.15) is 80.1 Å². The molecule has 0 aromatic heterocycles. The summed E-state index contributed by atoms with van der Waals surface area (Å²) in [6.45, 7) is 14.0. The van der Waals surface area contributed by atoms with E-state index in [1.165, 1.54) is 38.5 Å². The van der Waals surface area contributed by atoms with Crippen LogP contribution in [0.15, 0.2) is 0 Å². The van der Waals surface area contributed by atoms with Crippen molar-refractivity contribution in [1.82, 2.24) is 0 Å². The van der Waals surface area contributed by atoms with Crippen molar-refractivity contribution >= 4 is 52.4 Å². The second-order valence-electron chi connectivity index (χ2n) is 6.00. The van der Waals surface area contributed by atoms with E-state index < -0.39 is 28.7 Å². The standard InChI is InChI=1S/2C9H21Ge.Te/c2*1-4-7-10(8-5-2)9-6-3;/h2*4-9H2,1-3H3;. The van der Waals surface area contributed by atoms with E-state index >= 15 is 0 Å². The van der Waals surface area contributed by atoms with Gasteiger partial charge >= 0.3 is 140 Å². The van der Waals surface area contributed by atoms with E-state index in [1.54, 1.807) is 31.5 Å². The molecule has 21 heavy (non-hydrogen) atoms. The summed E-state index contributed by atoms with van der Waals surface area (Å²) in [5.41, 5.74) is 0. The molecule has 0 nitrogen and oxygen atoms in total. The summed E-state index contributed by atoms with van der Waals surface area (Å²) in [5, 5.41) is 9.68. The summed E-state index contributed by atoms with van der Waals surface area (Å²) in [7, 11) is 0. The van der Waals surface area contributed by atoms with Gasteiger partial charge in [0.2, 0.25) is 0 Å². The van der Waals surface area contributed by atoms with Gasteiger partial charge in [-0.1, -0.05) is 0 Å². The zero-order chi connectivity index (χ0) is 15.6. The van der Waals surface area contributed by atoms with E-state index in [0.29, 0.717) is 0 Å². The molecule has 0 heterocycles. The Hall–Kier alpha value is 1.88. The Morgan fingerprint density at radius 2 is 0.524 bits per heavy atom. The monoisotopic (exact) mass is 536 g/mol. The maximum Gasteiger partial charge on any atom is 0 e. The van der Waals surface area contributed by atoms with Crippen molar-refractivity contribution in [2.24, 2.45) is 0 Å². The Kier molecular flexibility index (Phi) is 31.8. The van der Waals surface area contributed by atoms with Crippen molar-refractivity contribution in [3.63, 3.8) is 0 Å². The van der Waals surface area contributed by atoms with Crippen LogP contribution in [0.4, 0.5) is 0 Å². The molecule has 0 atom stereocenters. The van der Waals surface area contributed by atoms with Gasteiger partial charge in [-0.15, -0.1) is 0 Å². The van der Waals surface area contributed by atoms with Crippen LogP contribution in [0, 0.1) is 0 Å². The second-order valence-corrected chi connectivity index (χ2v) is 18.6. The Labute approximate surface area is 162 Å². The molecule has 0 spiro atoms. The van der Waals surface area contributed by atoms with Crippen molar-refractivity contribution in [3.8, 4) is 0 Å². The molecule has 0 saturated carbocycles. The van der Waals surface area contributed by atoms with Crippen LogP contribution >= 0.6 is 0 Å². The van der Waals surface area contributed by atoms with Gasteiger partial charge in [0, 0.05) is 23.7 Å². The maximum atomic E-state index is 2.33. The Morgan fingerprint density at radius 3 is 0.619 bits per heavy atom. The number of hydrogen-bond donors (Lipinski definition) is 0. The van der Waals surface area contributed by atoms with Crippen LogP contribution in [-0.2, 0) is 0 Å². The molecule has 0 amide bonds. The van der Waals surface area contributed by atoms with Crippen molar-refractivity contribution in [1.29, 1.82) is 0 Å². The maximum absolute atomic E-state index is 2.33. The van der Waals surface area contributed by atoms with Crippen LogP contribution < -0.4 is 0 Å². The van der Waals surface area contributed by atoms with Gasteiger partial charge in [0.1, 0.15) is 0 Å². The van der Waals surface area contributed by atoms with Crippen molar-refractivity contribution in [2.45, 2.75) is 112 Å². The van der Waals surface area contributed by atoms with Crippen LogP contribution in [0.3, 0.4) is 0 Å². The largest absolute Gasteiger partial charge is 0 e. The summed E-state index contributed by atoms with van der Waals surface area (Å²) >= 11 is -0.972. The third-order valence-corrected chi connectivity index (χ3v) is 18.8. The summed E-state index contributed by atoms with van der Waals surface area (Å²) in [6, 6.07) is 0. The molecule has 0 N–H and O–H groups in total. The number of rotatable bonds is 12. The van der Waals surface area contributed by atoms with E-state index in [2.05, 4.69) is 41.5 Å². The zero-order valence-electron chi connectivity index (χ0n) is 15.9. The molecule has 0 aliphatic heterocycles. The van der Waals surface area contributed by atoms with Crippen LogP contribution in [0.2, 0.25) is 31.5 Å². The Morgan fingerprint density at radius 1 is 0.381 bits per heavy atom.